The van der Waals surface area contributed by atoms with E-state index in [1.165, 1.54) is 5.56 Å². The molecule has 4 nitrogen and oxygen atoms in total. The number of benzene rings is 1. The van der Waals surface area contributed by atoms with E-state index in [0.717, 1.165) is 5.75 Å². The molecule has 1 aromatic rings. The van der Waals surface area contributed by atoms with Gasteiger partial charge in [-0.3, -0.25) is 0 Å². The van der Waals surface area contributed by atoms with E-state index in [4.69, 9.17) is 15.7 Å². The van der Waals surface area contributed by atoms with Crippen LogP contribution in [0.25, 0.3) is 0 Å². The van der Waals surface area contributed by atoms with Gasteiger partial charge in [0.25, 0.3) is 0 Å². The zero-order valence-corrected chi connectivity index (χ0v) is 10.6. The SMILES string of the molecule is Cc1ccc(OCCC(C)(C)C(N)=NO)cc1. The van der Waals surface area contributed by atoms with Gasteiger partial charge in [-0.25, -0.2) is 0 Å². The van der Waals surface area contributed by atoms with Crippen molar-refractivity contribution < 1.29 is 9.94 Å². The maximum absolute atomic E-state index is 8.64. The Hall–Kier alpha value is -1.71. The first-order valence-electron chi connectivity index (χ1n) is 5.63. The van der Waals surface area contributed by atoms with Crippen LogP contribution in [-0.2, 0) is 0 Å². The highest BCUT2D eigenvalue weighted by atomic mass is 16.5. The Labute approximate surface area is 102 Å². The van der Waals surface area contributed by atoms with Crippen molar-refractivity contribution in [2.45, 2.75) is 27.2 Å². The van der Waals surface area contributed by atoms with E-state index >= 15 is 0 Å². The van der Waals surface area contributed by atoms with Gasteiger partial charge in [-0.05, 0) is 25.5 Å². The summed E-state index contributed by atoms with van der Waals surface area (Å²) < 4.78 is 5.60. The standard InChI is InChI=1S/C13H20N2O2/c1-10-4-6-11(7-5-10)17-9-8-13(2,3)12(14)15-16/h4-7,16H,8-9H2,1-3H3,(H2,14,15). The highest BCUT2D eigenvalue weighted by Crippen LogP contribution is 2.21. The lowest BCUT2D eigenvalue weighted by atomic mass is 9.88. The van der Waals surface area contributed by atoms with E-state index in [-0.39, 0.29) is 11.3 Å². The first-order chi connectivity index (χ1) is 7.95. The second-order valence-electron chi connectivity index (χ2n) is 4.78. The highest BCUT2D eigenvalue weighted by Gasteiger charge is 2.23. The molecule has 4 heteroatoms. The minimum Gasteiger partial charge on any atom is -0.494 e. The normalized spacial score (nSPS) is 12.5. The molecule has 0 unspecified atom stereocenters. The fourth-order valence-electron chi connectivity index (χ4n) is 1.32. The van der Waals surface area contributed by atoms with Crippen LogP contribution in [-0.4, -0.2) is 17.6 Å². The van der Waals surface area contributed by atoms with Crippen LogP contribution in [0.2, 0.25) is 0 Å². The summed E-state index contributed by atoms with van der Waals surface area (Å²) in [6.07, 6.45) is 0.691. The van der Waals surface area contributed by atoms with Gasteiger partial charge < -0.3 is 15.7 Å². The van der Waals surface area contributed by atoms with Gasteiger partial charge in [0.15, 0.2) is 0 Å². The van der Waals surface area contributed by atoms with E-state index in [1.54, 1.807) is 0 Å². The van der Waals surface area contributed by atoms with Crippen molar-refractivity contribution in [3.63, 3.8) is 0 Å². The van der Waals surface area contributed by atoms with E-state index in [9.17, 15) is 0 Å². The van der Waals surface area contributed by atoms with Crippen molar-refractivity contribution in [2.75, 3.05) is 6.61 Å². The van der Waals surface area contributed by atoms with Crippen LogP contribution in [0.3, 0.4) is 0 Å². The number of amidine groups is 1. The first-order valence-corrected chi connectivity index (χ1v) is 5.63. The summed E-state index contributed by atoms with van der Waals surface area (Å²) in [6, 6.07) is 7.88. The Balaban J connectivity index is 2.45. The molecule has 1 rings (SSSR count). The molecule has 0 saturated carbocycles. The number of oxime groups is 1. The second kappa shape index (κ2) is 5.57. The van der Waals surface area contributed by atoms with Crippen molar-refractivity contribution in [1.82, 2.24) is 0 Å². The zero-order valence-electron chi connectivity index (χ0n) is 10.6. The van der Waals surface area contributed by atoms with Crippen LogP contribution < -0.4 is 10.5 Å². The van der Waals surface area contributed by atoms with Gasteiger partial charge in [-0.1, -0.05) is 36.7 Å². The summed E-state index contributed by atoms with van der Waals surface area (Å²) in [5.41, 5.74) is 6.44. The molecule has 0 saturated heterocycles. The Bertz CT molecular complexity index is 383. The largest absolute Gasteiger partial charge is 0.494 e. The van der Waals surface area contributed by atoms with Gasteiger partial charge in [0.2, 0.25) is 0 Å². The predicted octanol–water partition coefficient (Wildman–Crippen LogP) is 2.54. The Morgan fingerprint density at radius 2 is 1.94 bits per heavy atom. The maximum atomic E-state index is 8.64. The molecule has 0 spiro atoms. The molecular weight excluding hydrogens is 216 g/mol. The molecule has 0 aromatic heterocycles. The zero-order chi connectivity index (χ0) is 12.9. The summed E-state index contributed by atoms with van der Waals surface area (Å²) in [5.74, 6) is 1.07. The van der Waals surface area contributed by atoms with Crippen LogP contribution in [0.4, 0.5) is 0 Å². The summed E-state index contributed by atoms with van der Waals surface area (Å²) in [6.45, 7) is 6.40. The average molecular weight is 236 g/mol. The van der Waals surface area contributed by atoms with Crippen molar-refractivity contribution in [3.8, 4) is 5.75 Å². The monoisotopic (exact) mass is 236 g/mol. The van der Waals surface area contributed by atoms with E-state index in [1.807, 2.05) is 45.0 Å². The third-order valence-corrected chi connectivity index (χ3v) is 2.82. The van der Waals surface area contributed by atoms with Gasteiger partial charge in [0.05, 0.1) is 6.61 Å². The van der Waals surface area contributed by atoms with Gasteiger partial charge >= 0.3 is 0 Å². The van der Waals surface area contributed by atoms with E-state index in [2.05, 4.69) is 5.16 Å². The molecular formula is C13H20N2O2. The molecule has 0 atom stereocenters. The Morgan fingerprint density at radius 3 is 2.47 bits per heavy atom. The fourth-order valence-corrected chi connectivity index (χ4v) is 1.32. The van der Waals surface area contributed by atoms with Gasteiger partial charge in [0, 0.05) is 5.41 Å². The van der Waals surface area contributed by atoms with Crippen LogP contribution in [0.15, 0.2) is 29.4 Å². The lowest BCUT2D eigenvalue weighted by Crippen LogP contribution is -2.33. The second-order valence-corrected chi connectivity index (χ2v) is 4.78. The van der Waals surface area contributed by atoms with Crippen LogP contribution in [0.1, 0.15) is 25.8 Å². The molecule has 3 N–H and O–H groups in total. The van der Waals surface area contributed by atoms with Crippen molar-refractivity contribution in [2.24, 2.45) is 16.3 Å². The molecule has 1 aromatic carbocycles. The van der Waals surface area contributed by atoms with Gasteiger partial charge in [-0.15, -0.1) is 0 Å². The summed E-state index contributed by atoms with van der Waals surface area (Å²) in [4.78, 5) is 0. The lowest BCUT2D eigenvalue weighted by Gasteiger charge is -2.22. The third kappa shape index (κ3) is 3.98. The van der Waals surface area contributed by atoms with Crippen molar-refractivity contribution in [1.29, 1.82) is 0 Å². The molecule has 0 aliphatic rings. The maximum Gasteiger partial charge on any atom is 0.144 e. The third-order valence-electron chi connectivity index (χ3n) is 2.82. The van der Waals surface area contributed by atoms with Crippen LogP contribution >= 0.6 is 0 Å². The highest BCUT2D eigenvalue weighted by molar-refractivity contribution is 5.85. The molecule has 94 valence electrons. The molecule has 0 amide bonds. The van der Waals surface area contributed by atoms with E-state index in [0.29, 0.717) is 13.0 Å². The number of ether oxygens (including phenoxy) is 1. The summed E-state index contributed by atoms with van der Waals surface area (Å²) in [7, 11) is 0. The number of hydrogen-bond acceptors (Lipinski definition) is 3. The lowest BCUT2D eigenvalue weighted by molar-refractivity contribution is 0.259. The summed E-state index contributed by atoms with van der Waals surface area (Å²) >= 11 is 0. The molecule has 0 fully saturated rings. The van der Waals surface area contributed by atoms with Gasteiger partial charge in [-0.2, -0.15) is 0 Å². The number of nitrogens with zero attached hydrogens (tertiary/aromatic N) is 1. The molecule has 0 aliphatic carbocycles. The smallest absolute Gasteiger partial charge is 0.144 e. The molecule has 0 radical (unpaired) electrons. The quantitative estimate of drug-likeness (QED) is 0.357. The molecule has 0 aliphatic heterocycles. The molecule has 17 heavy (non-hydrogen) atoms. The van der Waals surface area contributed by atoms with Crippen LogP contribution in [0.5, 0.6) is 5.75 Å². The Kier molecular flexibility index (Phi) is 4.37. The fraction of sp³-hybridized carbons (Fsp3) is 0.462. The summed E-state index contributed by atoms with van der Waals surface area (Å²) in [5, 5.41) is 11.7. The van der Waals surface area contributed by atoms with Crippen molar-refractivity contribution >= 4 is 5.84 Å². The Morgan fingerprint density at radius 1 is 1.35 bits per heavy atom. The first kappa shape index (κ1) is 13.4. The van der Waals surface area contributed by atoms with Crippen LogP contribution in [0, 0.1) is 12.3 Å². The molecule has 0 heterocycles. The van der Waals surface area contributed by atoms with E-state index < -0.39 is 0 Å². The number of hydrogen-bond donors (Lipinski definition) is 2. The predicted molar refractivity (Wildman–Crippen MR) is 68.5 cm³/mol. The number of aryl methyl sites for hydroxylation is 1. The van der Waals surface area contributed by atoms with Gasteiger partial charge in [0.1, 0.15) is 11.6 Å². The number of rotatable bonds is 5. The van der Waals surface area contributed by atoms with Crippen molar-refractivity contribution in [3.05, 3.63) is 29.8 Å². The number of nitrogens with two attached hydrogens (primary N) is 1. The average Bonchev–Trinajstić information content (AvgIpc) is 2.30. The topological polar surface area (TPSA) is 67.8 Å². The molecule has 0 bridgehead atoms. The minimum absolute atomic E-state index is 0.227. The minimum atomic E-state index is -0.362.